The zero-order chi connectivity index (χ0) is 17.3. The molecule has 0 N–H and O–H groups in total. The molecule has 1 spiro atoms. The first-order valence-electron chi connectivity index (χ1n) is 8.96. The minimum Gasteiger partial charge on any atom is -0.337 e. The van der Waals surface area contributed by atoms with Crippen LogP contribution in [0.15, 0.2) is 29.9 Å². The second kappa shape index (κ2) is 6.84. The van der Waals surface area contributed by atoms with E-state index in [-0.39, 0.29) is 5.91 Å². The fourth-order valence-corrected chi connectivity index (χ4v) is 4.79. The van der Waals surface area contributed by atoms with Crippen LogP contribution in [0.1, 0.15) is 40.3 Å². The van der Waals surface area contributed by atoms with Crippen LogP contribution in [-0.4, -0.2) is 51.9 Å². The lowest BCUT2D eigenvalue weighted by molar-refractivity contribution is 0.0582. The summed E-state index contributed by atoms with van der Waals surface area (Å²) < 4.78 is 0. The lowest BCUT2D eigenvalue weighted by atomic mass is 9.77. The Morgan fingerprint density at radius 3 is 2.68 bits per heavy atom. The van der Waals surface area contributed by atoms with E-state index in [9.17, 15) is 4.79 Å². The molecule has 132 valence electrons. The van der Waals surface area contributed by atoms with Gasteiger partial charge >= 0.3 is 0 Å². The highest BCUT2D eigenvalue weighted by molar-refractivity contribution is 7.09. The first-order valence-corrected chi connectivity index (χ1v) is 9.84. The van der Waals surface area contributed by atoms with Gasteiger partial charge in [-0.1, -0.05) is 6.07 Å². The third-order valence-corrected chi connectivity index (χ3v) is 6.45. The monoisotopic (exact) mass is 356 g/mol. The molecule has 0 aromatic carbocycles. The fraction of sp³-hybridized carbons (Fsp3) is 0.526. The number of hydrogen-bond donors (Lipinski definition) is 0. The van der Waals surface area contributed by atoms with Gasteiger partial charge in [0.15, 0.2) is 0 Å². The molecule has 2 aliphatic heterocycles. The van der Waals surface area contributed by atoms with Crippen molar-refractivity contribution in [1.82, 2.24) is 19.8 Å². The molecule has 1 amide bonds. The number of hydrogen-bond acceptors (Lipinski definition) is 5. The first kappa shape index (κ1) is 16.7. The van der Waals surface area contributed by atoms with E-state index >= 15 is 0 Å². The molecule has 5 nitrogen and oxygen atoms in total. The van der Waals surface area contributed by atoms with Crippen LogP contribution in [0.5, 0.6) is 0 Å². The van der Waals surface area contributed by atoms with E-state index in [1.807, 2.05) is 23.2 Å². The van der Waals surface area contributed by atoms with Gasteiger partial charge in [-0.3, -0.25) is 14.7 Å². The molecule has 6 heteroatoms. The van der Waals surface area contributed by atoms with E-state index in [4.69, 9.17) is 0 Å². The zero-order valence-electron chi connectivity index (χ0n) is 14.6. The van der Waals surface area contributed by atoms with Crippen LogP contribution < -0.4 is 0 Å². The summed E-state index contributed by atoms with van der Waals surface area (Å²) in [5.41, 5.74) is 1.70. The van der Waals surface area contributed by atoms with Gasteiger partial charge in [0.1, 0.15) is 5.69 Å². The molecule has 0 atom stereocenters. The fourth-order valence-electron chi connectivity index (χ4n) is 4.04. The van der Waals surface area contributed by atoms with Gasteiger partial charge in [-0.25, -0.2) is 4.98 Å². The number of nitrogens with zero attached hydrogens (tertiary/aromatic N) is 4. The third-order valence-electron chi connectivity index (χ3n) is 5.59. The van der Waals surface area contributed by atoms with Crippen molar-refractivity contribution in [3.8, 4) is 0 Å². The summed E-state index contributed by atoms with van der Waals surface area (Å²) in [6.07, 6.45) is 6.71. The number of aryl methyl sites for hydroxylation is 1. The highest BCUT2D eigenvalue weighted by Crippen LogP contribution is 2.41. The Bertz CT molecular complexity index is 720. The predicted molar refractivity (Wildman–Crippen MR) is 98.6 cm³/mol. The van der Waals surface area contributed by atoms with Crippen molar-refractivity contribution in [2.75, 3.05) is 26.2 Å². The Kier molecular flexibility index (Phi) is 4.56. The van der Waals surface area contributed by atoms with Gasteiger partial charge in [0.2, 0.25) is 0 Å². The summed E-state index contributed by atoms with van der Waals surface area (Å²) >= 11 is 1.84. The minimum absolute atomic E-state index is 0.0239. The molecule has 2 saturated heterocycles. The average Bonchev–Trinajstić information content (AvgIpc) is 3.27. The Morgan fingerprint density at radius 1 is 1.20 bits per heavy atom. The molecule has 2 fully saturated rings. The number of amides is 1. The van der Waals surface area contributed by atoms with E-state index in [0.717, 1.165) is 44.7 Å². The summed E-state index contributed by atoms with van der Waals surface area (Å²) in [5, 5.41) is 2.15. The molecule has 2 aromatic rings. The van der Waals surface area contributed by atoms with Gasteiger partial charge in [-0.2, -0.15) is 0 Å². The van der Waals surface area contributed by atoms with Gasteiger partial charge in [0.25, 0.3) is 5.91 Å². The van der Waals surface area contributed by atoms with E-state index in [0.29, 0.717) is 11.1 Å². The van der Waals surface area contributed by atoms with Crippen molar-refractivity contribution >= 4 is 17.2 Å². The van der Waals surface area contributed by atoms with Crippen LogP contribution in [0.2, 0.25) is 0 Å². The molecule has 0 bridgehead atoms. The molecule has 25 heavy (non-hydrogen) atoms. The highest BCUT2D eigenvalue weighted by Gasteiger charge is 2.41. The van der Waals surface area contributed by atoms with E-state index in [2.05, 4.69) is 32.4 Å². The standard InChI is InChI=1S/C19H24N4OS/c1-15-11-21-17(12-20-15)18(24)23-8-5-19(6-9-23)4-7-22(14-19)13-16-3-2-10-25-16/h2-3,10-12H,4-9,13-14H2,1H3. The molecular formula is C19H24N4OS. The van der Waals surface area contributed by atoms with Gasteiger partial charge in [-0.05, 0) is 49.6 Å². The van der Waals surface area contributed by atoms with Crippen LogP contribution in [0.3, 0.4) is 0 Å². The summed E-state index contributed by atoms with van der Waals surface area (Å²) in [7, 11) is 0. The van der Waals surface area contributed by atoms with Crippen molar-refractivity contribution < 1.29 is 4.79 Å². The summed E-state index contributed by atoms with van der Waals surface area (Å²) in [4.78, 5) is 27.0. The number of carbonyl (C=O) groups excluding carboxylic acids is 1. The van der Waals surface area contributed by atoms with Crippen LogP contribution in [0.25, 0.3) is 0 Å². The second-order valence-electron chi connectivity index (χ2n) is 7.38. The molecule has 2 aliphatic rings. The molecular weight excluding hydrogens is 332 g/mol. The smallest absolute Gasteiger partial charge is 0.274 e. The number of likely N-dealkylation sites (tertiary alicyclic amines) is 2. The second-order valence-corrected chi connectivity index (χ2v) is 8.41. The number of thiophene rings is 1. The first-order chi connectivity index (χ1) is 12.1. The van der Waals surface area contributed by atoms with Crippen LogP contribution >= 0.6 is 11.3 Å². The normalized spacial score (nSPS) is 20.3. The molecule has 4 rings (SSSR count). The Balaban J connectivity index is 1.33. The summed E-state index contributed by atoms with van der Waals surface area (Å²) in [6.45, 7) is 6.96. The molecule has 0 saturated carbocycles. The predicted octanol–water partition coefficient (Wildman–Crippen LogP) is 2.97. The molecule has 0 aliphatic carbocycles. The van der Waals surface area contributed by atoms with Crippen LogP contribution in [-0.2, 0) is 6.54 Å². The maximum absolute atomic E-state index is 12.6. The topological polar surface area (TPSA) is 49.3 Å². The van der Waals surface area contributed by atoms with Gasteiger partial charge in [-0.15, -0.1) is 11.3 Å². The van der Waals surface area contributed by atoms with Crippen molar-refractivity contribution in [2.45, 2.75) is 32.7 Å². The number of piperidine rings is 1. The molecule has 0 radical (unpaired) electrons. The summed E-state index contributed by atoms with van der Waals surface area (Å²) in [6, 6.07) is 4.35. The third kappa shape index (κ3) is 3.60. The van der Waals surface area contributed by atoms with Crippen molar-refractivity contribution in [2.24, 2.45) is 5.41 Å². The van der Waals surface area contributed by atoms with Crippen molar-refractivity contribution in [3.63, 3.8) is 0 Å². The SMILES string of the molecule is Cc1cnc(C(=O)N2CCC3(CCN(Cc4cccs4)C3)CC2)cn1. The zero-order valence-corrected chi connectivity index (χ0v) is 15.5. The average molecular weight is 356 g/mol. The lowest BCUT2D eigenvalue weighted by Crippen LogP contribution is -2.44. The number of aromatic nitrogens is 2. The van der Waals surface area contributed by atoms with Gasteiger partial charge in [0, 0.05) is 37.3 Å². The van der Waals surface area contributed by atoms with Gasteiger partial charge < -0.3 is 4.90 Å². The van der Waals surface area contributed by atoms with Gasteiger partial charge in [0.05, 0.1) is 11.9 Å². The maximum atomic E-state index is 12.6. The number of carbonyl (C=O) groups is 1. The van der Waals surface area contributed by atoms with Crippen LogP contribution in [0.4, 0.5) is 0 Å². The quantitative estimate of drug-likeness (QED) is 0.848. The minimum atomic E-state index is 0.0239. The molecule has 0 unspecified atom stereocenters. The maximum Gasteiger partial charge on any atom is 0.274 e. The largest absolute Gasteiger partial charge is 0.337 e. The number of rotatable bonds is 3. The molecule has 2 aromatic heterocycles. The lowest BCUT2D eigenvalue weighted by Gasteiger charge is -2.39. The Hall–Kier alpha value is -1.79. The molecule has 4 heterocycles. The summed E-state index contributed by atoms with van der Waals surface area (Å²) in [5.74, 6) is 0.0239. The Morgan fingerprint density at radius 2 is 2.00 bits per heavy atom. The van der Waals surface area contributed by atoms with Crippen molar-refractivity contribution in [3.05, 3.63) is 46.2 Å². The Labute approximate surface area is 152 Å². The van der Waals surface area contributed by atoms with E-state index in [1.54, 1.807) is 12.4 Å². The van der Waals surface area contributed by atoms with Crippen LogP contribution in [0, 0.1) is 12.3 Å². The van der Waals surface area contributed by atoms with Crippen molar-refractivity contribution in [1.29, 1.82) is 0 Å². The van der Waals surface area contributed by atoms with E-state index in [1.165, 1.54) is 17.8 Å². The highest BCUT2D eigenvalue weighted by atomic mass is 32.1. The van der Waals surface area contributed by atoms with E-state index < -0.39 is 0 Å².